The number of benzene rings is 2. The van der Waals surface area contributed by atoms with Crippen molar-refractivity contribution in [2.45, 2.75) is 6.42 Å². The monoisotopic (exact) mass is 462 g/mol. The number of nitrogens with one attached hydrogen (secondary N) is 3. The summed E-state index contributed by atoms with van der Waals surface area (Å²) in [5, 5.41) is 3.81. The second-order valence-corrected chi connectivity index (χ2v) is 7.50. The van der Waals surface area contributed by atoms with Gasteiger partial charge in [-0.1, -0.05) is 41.9 Å². The minimum atomic E-state index is -0.489. The van der Waals surface area contributed by atoms with Crippen LogP contribution >= 0.6 is 11.6 Å². The fourth-order valence-electron chi connectivity index (χ4n) is 3.17. The van der Waals surface area contributed by atoms with Crippen LogP contribution in [0, 0.1) is 0 Å². The van der Waals surface area contributed by atoms with Crippen molar-refractivity contribution in [3.63, 3.8) is 0 Å². The van der Waals surface area contributed by atoms with Crippen LogP contribution in [0.1, 0.15) is 27.3 Å². The van der Waals surface area contributed by atoms with Crippen molar-refractivity contribution in [1.82, 2.24) is 21.2 Å². The average Bonchev–Trinajstić information content (AvgIpc) is 3.37. The molecule has 8 nitrogen and oxygen atoms in total. The van der Waals surface area contributed by atoms with Gasteiger partial charge in [0, 0.05) is 28.9 Å². The molecule has 0 aliphatic rings. The van der Waals surface area contributed by atoms with Crippen molar-refractivity contribution in [1.29, 1.82) is 0 Å². The normalized spacial score (nSPS) is 10.6. The lowest BCUT2D eigenvalue weighted by Crippen LogP contribution is -2.42. The van der Waals surface area contributed by atoms with E-state index in [1.165, 1.54) is 12.3 Å². The number of aromatic nitrogens is 1. The van der Waals surface area contributed by atoms with Crippen molar-refractivity contribution in [2.75, 3.05) is 6.54 Å². The molecule has 3 amide bonds. The molecular weight excluding hydrogens is 444 g/mol. The van der Waals surface area contributed by atoms with Gasteiger partial charge >= 0.3 is 0 Å². The Morgan fingerprint density at radius 1 is 0.909 bits per heavy atom. The van der Waals surface area contributed by atoms with Crippen LogP contribution in [0.2, 0.25) is 5.02 Å². The zero-order valence-electron chi connectivity index (χ0n) is 17.3. The summed E-state index contributed by atoms with van der Waals surface area (Å²) >= 11 is 5.97. The van der Waals surface area contributed by atoms with Crippen molar-refractivity contribution in [3.05, 3.63) is 89.3 Å². The van der Waals surface area contributed by atoms with E-state index in [0.29, 0.717) is 27.2 Å². The van der Waals surface area contributed by atoms with Gasteiger partial charge in [0.1, 0.15) is 0 Å². The maximum Gasteiger partial charge on any atom is 0.286 e. The lowest BCUT2D eigenvalue weighted by atomic mass is 10.0. The molecule has 0 bridgehead atoms. The fourth-order valence-corrected chi connectivity index (χ4v) is 3.30. The molecule has 0 fully saturated rings. The third-order valence-electron chi connectivity index (χ3n) is 4.80. The highest BCUT2D eigenvalue weighted by Gasteiger charge is 2.15. The van der Waals surface area contributed by atoms with Gasteiger partial charge in [0.25, 0.3) is 11.8 Å². The number of carbonyl (C=O) groups excluding carboxylic acids is 3. The Hall–Kier alpha value is -4.17. The first kappa shape index (κ1) is 22.0. The number of rotatable bonds is 6. The van der Waals surface area contributed by atoms with Crippen molar-refractivity contribution in [3.8, 4) is 11.3 Å². The van der Waals surface area contributed by atoms with E-state index in [9.17, 15) is 14.4 Å². The van der Waals surface area contributed by atoms with Crippen molar-refractivity contribution in [2.24, 2.45) is 0 Å². The zero-order valence-corrected chi connectivity index (χ0v) is 18.1. The van der Waals surface area contributed by atoms with Gasteiger partial charge in [0.15, 0.2) is 5.76 Å². The van der Waals surface area contributed by atoms with Crippen LogP contribution in [0.25, 0.3) is 22.2 Å². The molecule has 2 aromatic heterocycles. The number of pyridine rings is 1. The first-order chi connectivity index (χ1) is 16.0. The SMILES string of the molecule is O=C(CCNC(=O)c1ccco1)NNC(=O)c1cc(-c2ccc(Cl)cc2)nc2ccccc12. The van der Waals surface area contributed by atoms with Crippen molar-refractivity contribution < 1.29 is 18.8 Å². The lowest BCUT2D eigenvalue weighted by Gasteiger charge is -2.11. The van der Waals surface area contributed by atoms with E-state index in [2.05, 4.69) is 21.2 Å². The summed E-state index contributed by atoms with van der Waals surface area (Å²) in [6.07, 6.45) is 1.36. The maximum atomic E-state index is 12.9. The van der Waals surface area contributed by atoms with E-state index in [1.807, 2.05) is 30.3 Å². The van der Waals surface area contributed by atoms with Crippen molar-refractivity contribution >= 4 is 40.2 Å². The Morgan fingerprint density at radius 3 is 2.45 bits per heavy atom. The molecule has 33 heavy (non-hydrogen) atoms. The third kappa shape index (κ3) is 5.36. The minimum Gasteiger partial charge on any atom is -0.459 e. The average molecular weight is 463 g/mol. The summed E-state index contributed by atoms with van der Waals surface area (Å²) in [6, 6.07) is 19.2. The summed E-state index contributed by atoms with van der Waals surface area (Å²) < 4.78 is 4.98. The van der Waals surface area contributed by atoms with Crippen LogP contribution in [-0.2, 0) is 4.79 Å². The Kier molecular flexibility index (Phi) is 6.66. The smallest absolute Gasteiger partial charge is 0.286 e. The van der Waals surface area contributed by atoms with Gasteiger partial charge in [-0.05, 0) is 36.4 Å². The molecule has 2 heterocycles. The molecule has 0 unspecified atom stereocenters. The number of nitrogens with zero attached hydrogens (tertiary/aromatic N) is 1. The standard InChI is InChI=1S/C24H19ClN4O4/c25-16-9-7-15(8-10-16)20-14-18(17-4-1-2-5-19(17)27-20)23(31)29-28-22(30)11-12-26-24(32)21-6-3-13-33-21/h1-10,13-14H,11-12H2,(H,26,32)(H,28,30)(H,29,31). The number of fused-ring (bicyclic) bond motifs is 1. The van der Waals surface area contributed by atoms with E-state index in [0.717, 1.165) is 5.56 Å². The number of carbonyl (C=O) groups is 3. The molecule has 0 aliphatic heterocycles. The highest BCUT2D eigenvalue weighted by Crippen LogP contribution is 2.25. The molecule has 9 heteroatoms. The molecule has 0 saturated carbocycles. The van der Waals surface area contributed by atoms with Gasteiger partial charge in [0.2, 0.25) is 5.91 Å². The van der Waals surface area contributed by atoms with Gasteiger partial charge in [-0.3, -0.25) is 25.2 Å². The molecule has 0 saturated heterocycles. The summed E-state index contributed by atoms with van der Waals surface area (Å²) in [4.78, 5) is 41.4. The van der Waals surface area contributed by atoms with E-state index in [4.69, 9.17) is 16.0 Å². The Labute approximate surface area is 193 Å². The van der Waals surface area contributed by atoms with Crippen LogP contribution in [-0.4, -0.2) is 29.3 Å². The molecule has 0 radical (unpaired) electrons. The van der Waals surface area contributed by atoms with Crippen LogP contribution in [0.3, 0.4) is 0 Å². The highest BCUT2D eigenvalue weighted by molar-refractivity contribution is 6.30. The van der Waals surface area contributed by atoms with Gasteiger partial charge in [-0.15, -0.1) is 0 Å². The van der Waals surface area contributed by atoms with Gasteiger partial charge in [-0.2, -0.15) is 0 Å². The van der Waals surface area contributed by atoms with Crippen LogP contribution in [0.15, 0.2) is 77.4 Å². The van der Waals surface area contributed by atoms with E-state index < -0.39 is 17.7 Å². The molecule has 0 aliphatic carbocycles. The van der Waals surface area contributed by atoms with Crippen LogP contribution in [0.4, 0.5) is 0 Å². The van der Waals surface area contributed by atoms with Gasteiger partial charge in [-0.25, -0.2) is 4.98 Å². The number of furan rings is 1. The molecule has 4 aromatic rings. The van der Waals surface area contributed by atoms with Gasteiger partial charge in [0.05, 0.1) is 23.0 Å². The number of halogens is 1. The predicted molar refractivity (Wildman–Crippen MR) is 123 cm³/mol. The highest BCUT2D eigenvalue weighted by atomic mass is 35.5. The maximum absolute atomic E-state index is 12.9. The second-order valence-electron chi connectivity index (χ2n) is 7.06. The van der Waals surface area contributed by atoms with Crippen LogP contribution < -0.4 is 16.2 Å². The first-order valence-corrected chi connectivity index (χ1v) is 10.5. The Balaban J connectivity index is 1.42. The molecule has 0 atom stereocenters. The third-order valence-corrected chi connectivity index (χ3v) is 5.05. The Bertz CT molecular complexity index is 1300. The molecule has 3 N–H and O–H groups in total. The Morgan fingerprint density at radius 2 is 1.70 bits per heavy atom. The summed E-state index contributed by atoms with van der Waals surface area (Å²) in [7, 11) is 0. The van der Waals surface area contributed by atoms with E-state index in [1.54, 1.807) is 30.3 Å². The summed E-state index contributed by atoms with van der Waals surface area (Å²) in [5.41, 5.74) is 7.20. The van der Waals surface area contributed by atoms with E-state index in [-0.39, 0.29) is 18.7 Å². The summed E-state index contributed by atoms with van der Waals surface area (Å²) in [6.45, 7) is 0.0835. The first-order valence-electron chi connectivity index (χ1n) is 10.1. The molecule has 2 aromatic carbocycles. The second kappa shape index (κ2) is 9.97. The largest absolute Gasteiger partial charge is 0.459 e. The summed E-state index contributed by atoms with van der Waals surface area (Å²) in [5.74, 6) is -1.21. The lowest BCUT2D eigenvalue weighted by molar-refractivity contribution is -0.121. The minimum absolute atomic E-state index is 0.0279. The molecular formula is C24H19ClN4O4. The number of amides is 3. The molecule has 166 valence electrons. The number of hydrogen-bond donors (Lipinski definition) is 3. The molecule has 4 rings (SSSR count). The quantitative estimate of drug-likeness (QED) is 0.378. The zero-order chi connectivity index (χ0) is 23.2. The van der Waals surface area contributed by atoms with E-state index >= 15 is 0 Å². The molecule has 0 spiro atoms. The fraction of sp³-hybridized carbons (Fsp3) is 0.0833. The number of hydrogen-bond acceptors (Lipinski definition) is 5. The van der Waals surface area contributed by atoms with Crippen LogP contribution in [0.5, 0.6) is 0 Å². The topological polar surface area (TPSA) is 113 Å². The van der Waals surface area contributed by atoms with Gasteiger partial charge < -0.3 is 9.73 Å². The number of para-hydroxylation sites is 1. The predicted octanol–water partition coefficient (Wildman–Crippen LogP) is 3.73. The number of hydrazine groups is 1.